The maximum absolute atomic E-state index is 11.6. The van der Waals surface area contributed by atoms with Crippen LogP contribution < -0.4 is 0 Å². The number of sulfonamides is 1. The van der Waals surface area contributed by atoms with Gasteiger partial charge in [-0.3, -0.25) is 4.79 Å². The molecule has 0 aromatic heterocycles. The van der Waals surface area contributed by atoms with E-state index >= 15 is 0 Å². The third-order valence-corrected chi connectivity index (χ3v) is 3.82. The number of ether oxygens (including phenoxy) is 1. The van der Waals surface area contributed by atoms with Crippen LogP contribution in [0.4, 0.5) is 0 Å². The minimum absolute atomic E-state index is 0.105. The molecule has 0 aromatic carbocycles. The van der Waals surface area contributed by atoms with Crippen molar-refractivity contribution in [3.05, 3.63) is 0 Å². The summed E-state index contributed by atoms with van der Waals surface area (Å²) in [4.78, 5) is 11.6. The highest BCUT2D eigenvalue weighted by Crippen LogP contribution is 2.21. The van der Waals surface area contributed by atoms with Gasteiger partial charge in [0.2, 0.25) is 10.0 Å². The summed E-state index contributed by atoms with van der Waals surface area (Å²) in [5.41, 5.74) is -0.105. The SMILES string of the molecule is CC(C)(C)CC(=O)OC1CCN(S(C)(=O)=O)C1. The fourth-order valence-electron chi connectivity index (χ4n) is 1.76. The second-order valence-corrected chi connectivity index (χ2v) is 7.74. The minimum atomic E-state index is -3.16. The Hall–Kier alpha value is -0.620. The topological polar surface area (TPSA) is 63.7 Å². The van der Waals surface area contributed by atoms with E-state index in [0.717, 1.165) is 0 Å². The van der Waals surface area contributed by atoms with Crippen LogP contribution in [0.2, 0.25) is 0 Å². The van der Waals surface area contributed by atoms with Gasteiger partial charge in [-0.25, -0.2) is 8.42 Å². The molecule has 0 saturated carbocycles. The second kappa shape index (κ2) is 4.94. The molecule has 1 saturated heterocycles. The lowest BCUT2D eigenvalue weighted by Gasteiger charge is -2.19. The first-order valence-corrected chi connectivity index (χ1v) is 7.57. The van der Waals surface area contributed by atoms with Gasteiger partial charge in [0.15, 0.2) is 0 Å². The van der Waals surface area contributed by atoms with Crippen LogP contribution in [0.1, 0.15) is 33.6 Å². The fraction of sp³-hybridized carbons (Fsp3) is 0.909. The molecule has 1 atom stereocenters. The first kappa shape index (κ1) is 14.4. The lowest BCUT2D eigenvalue weighted by molar-refractivity contribution is -0.150. The predicted octanol–water partition coefficient (Wildman–Crippen LogP) is 1.000. The summed E-state index contributed by atoms with van der Waals surface area (Å²) >= 11 is 0. The van der Waals surface area contributed by atoms with E-state index in [1.54, 1.807) is 0 Å². The summed E-state index contributed by atoms with van der Waals surface area (Å²) in [6, 6.07) is 0. The Morgan fingerprint density at radius 1 is 1.41 bits per heavy atom. The summed E-state index contributed by atoms with van der Waals surface area (Å²) in [5.74, 6) is -0.252. The summed E-state index contributed by atoms with van der Waals surface area (Å²) in [6.07, 6.45) is 1.82. The highest BCUT2D eigenvalue weighted by atomic mass is 32.2. The Balaban J connectivity index is 2.44. The molecule has 0 bridgehead atoms. The van der Waals surface area contributed by atoms with E-state index < -0.39 is 10.0 Å². The van der Waals surface area contributed by atoms with Gasteiger partial charge in [-0.2, -0.15) is 4.31 Å². The van der Waals surface area contributed by atoms with Crippen molar-refractivity contribution < 1.29 is 17.9 Å². The van der Waals surface area contributed by atoms with Crippen molar-refractivity contribution in [3.8, 4) is 0 Å². The Bertz CT molecular complexity index is 383. The number of hydrogen-bond acceptors (Lipinski definition) is 4. The van der Waals surface area contributed by atoms with Crippen molar-refractivity contribution in [2.75, 3.05) is 19.3 Å². The van der Waals surface area contributed by atoms with Crippen LogP contribution in [0, 0.1) is 5.41 Å². The molecule has 100 valence electrons. The first-order chi connectivity index (χ1) is 7.58. The van der Waals surface area contributed by atoms with E-state index in [9.17, 15) is 13.2 Å². The van der Waals surface area contributed by atoms with E-state index in [1.165, 1.54) is 10.6 Å². The van der Waals surface area contributed by atoms with E-state index in [4.69, 9.17) is 4.74 Å². The monoisotopic (exact) mass is 263 g/mol. The lowest BCUT2D eigenvalue weighted by Crippen LogP contribution is -2.30. The Labute approximate surface area is 103 Å². The average molecular weight is 263 g/mol. The molecule has 0 spiro atoms. The van der Waals surface area contributed by atoms with Crippen molar-refractivity contribution >= 4 is 16.0 Å². The lowest BCUT2D eigenvalue weighted by atomic mass is 9.92. The number of carbonyl (C=O) groups excluding carboxylic acids is 1. The van der Waals surface area contributed by atoms with E-state index in [1.807, 2.05) is 20.8 Å². The van der Waals surface area contributed by atoms with E-state index in [0.29, 0.717) is 19.4 Å². The Morgan fingerprint density at radius 3 is 2.41 bits per heavy atom. The van der Waals surface area contributed by atoms with Crippen molar-refractivity contribution in [2.45, 2.75) is 39.7 Å². The number of esters is 1. The van der Waals surface area contributed by atoms with Crippen LogP contribution in [-0.4, -0.2) is 44.1 Å². The molecular formula is C11H21NO4S. The van der Waals surface area contributed by atoms with Gasteiger partial charge in [0.1, 0.15) is 6.10 Å². The molecule has 5 nitrogen and oxygen atoms in total. The van der Waals surface area contributed by atoms with Gasteiger partial charge < -0.3 is 4.74 Å². The molecule has 17 heavy (non-hydrogen) atoms. The largest absolute Gasteiger partial charge is 0.461 e. The summed E-state index contributed by atoms with van der Waals surface area (Å²) < 4.78 is 29.2. The van der Waals surface area contributed by atoms with Gasteiger partial charge in [0, 0.05) is 6.54 Å². The molecule has 1 aliphatic rings. The normalized spacial score (nSPS) is 22.7. The molecule has 0 N–H and O–H groups in total. The van der Waals surface area contributed by atoms with Gasteiger partial charge in [0.05, 0.1) is 19.2 Å². The quantitative estimate of drug-likeness (QED) is 0.713. The fourth-order valence-corrected chi connectivity index (χ4v) is 2.63. The Kier molecular flexibility index (Phi) is 4.19. The van der Waals surface area contributed by atoms with Crippen molar-refractivity contribution in [1.82, 2.24) is 4.31 Å². The third-order valence-electron chi connectivity index (χ3n) is 2.55. The van der Waals surface area contributed by atoms with Gasteiger partial charge in [-0.1, -0.05) is 20.8 Å². The maximum atomic E-state index is 11.6. The smallest absolute Gasteiger partial charge is 0.306 e. The first-order valence-electron chi connectivity index (χ1n) is 5.72. The van der Waals surface area contributed by atoms with Crippen LogP contribution in [0.25, 0.3) is 0 Å². The molecule has 0 aliphatic carbocycles. The van der Waals surface area contributed by atoms with Crippen molar-refractivity contribution in [3.63, 3.8) is 0 Å². The van der Waals surface area contributed by atoms with Crippen LogP contribution >= 0.6 is 0 Å². The molecule has 1 aliphatic heterocycles. The van der Waals surface area contributed by atoms with Crippen LogP contribution in [0.3, 0.4) is 0 Å². The molecule has 0 aromatic rings. The standard InChI is InChI=1S/C11H21NO4S/c1-11(2,3)7-10(13)16-9-5-6-12(8-9)17(4,14)15/h9H,5-8H2,1-4H3. The molecule has 0 radical (unpaired) electrons. The summed E-state index contributed by atoms with van der Waals surface area (Å²) in [5, 5.41) is 0. The van der Waals surface area contributed by atoms with Gasteiger partial charge in [-0.05, 0) is 11.8 Å². The second-order valence-electron chi connectivity index (χ2n) is 5.76. The molecule has 1 rings (SSSR count). The molecule has 1 fully saturated rings. The third kappa shape index (κ3) is 5.04. The zero-order chi connectivity index (χ0) is 13.3. The summed E-state index contributed by atoms with van der Waals surface area (Å²) in [7, 11) is -3.16. The molecule has 6 heteroatoms. The molecule has 1 heterocycles. The predicted molar refractivity (Wildman–Crippen MR) is 65.0 cm³/mol. The molecular weight excluding hydrogens is 242 g/mol. The average Bonchev–Trinajstić information content (AvgIpc) is 2.47. The number of nitrogens with zero attached hydrogens (tertiary/aromatic N) is 1. The highest BCUT2D eigenvalue weighted by Gasteiger charge is 2.31. The minimum Gasteiger partial charge on any atom is -0.461 e. The van der Waals surface area contributed by atoms with Crippen molar-refractivity contribution in [1.29, 1.82) is 0 Å². The van der Waals surface area contributed by atoms with E-state index in [2.05, 4.69) is 0 Å². The van der Waals surface area contributed by atoms with Gasteiger partial charge in [-0.15, -0.1) is 0 Å². The molecule has 1 unspecified atom stereocenters. The Morgan fingerprint density at radius 2 is 2.00 bits per heavy atom. The van der Waals surface area contributed by atoms with Gasteiger partial charge in [0.25, 0.3) is 0 Å². The van der Waals surface area contributed by atoms with Crippen LogP contribution in [-0.2, 0) is 19.6 Å². The summed E-state index contributed by atoms with van der Waals surface area (Å²) in [6.45, 7) is 6.62. The zero-order valence-electron chi connectivity index (χ0n) is 10.9. The van der Waals surface area contributed by atoms with Gasteiger partial charge >= 0.3 is 5.97 Å². The van der Waals surface area contributed by atoms with Crippen LogP contribution in [0.15, 0.2) is 0 Å². The highest BCUT2D eigenvalue weighted by molar-refractivity contribution is 7.88. The maximum Gasteiger partial charge on any atom is 0.306 e. The molecule has 0 amide bonds. The number of carbonyl (C=O) groups is 1. The van der Waals surface area contributed by atoms with Crippen molar-refractivity contribution in [2.24, 2.45) is 5.41 Å². The van der Waals surface area contributed by atoms with E-state index in [-0.39, 0.29) is 24.0 Å². The van der Waals surface area contributed by atoms with Crippen LogP contribution in [0.5, 0.6) is 0 Å². The number of hydrogen-bond donors (Lipinski definition) is 0. The number of rotatable bonds is 3. The zero-order valence-corrected chi connectivity index (χ0v) is 11.7.